The summed E-state index contributed by atoms with van der Waals surface area (Å²) in [6.45, 7) is 12.4. The Hall–Kier alpha value is -0.450. The van der Waals surface area contributed by atoms with E-state index in [1.165, 1.54) is 54.4 Å². The first-order valence-corrected chi connectivity index (χ1v) is 8.89. The fourth-order valence-electron chi connectivity index (χ4n) is 2.64. The molecule has 0 bridgehead atoms. The maximum absolute atomic E-state index is 4.76. The van der Waals surface area contributed by atoms with Gasteiger partial charge >= 0.3 is 0 Å². The monoisotopic (exact) mass is 295 g/mol. The Kier molecular flexibility index (Phi) is 6.46. The van der Waals surface area contributed by atoms with E-state index < -0.39 is 0 Å². The highest BCUT2D eigenvalue weighted by Gasteiger charge is 2.17. The van der Waals surface area contributed by atoms with Gasteiger partial charge in [-0.25, -0.2) is 4.98 Å². The van der Waals surface area contributed by atoms with Crippen LogP contribution >= 0.6 is 11.3 Å². The Morgan fingerprint density at radius 3 is 2.80 bits per heavy atom. The molecule has 2 rings (SSSR count). The Labute approximate surface area is 127 Å². The summed E-state index contributed by atoms with van der Waals surface area (Å²) < 4.78 is 0. The Bertz CT molecular complexity index is 394. The van der Waals surface area contributed by atoms with E-state index in [4.69, 9.17) is 4.98 Å². The molecule has 20 heavy (non-hydrogen) atoms. The number of nitrogens with one attached hydrogen (secondary N) is 1. The lowest BCUT2D eigenvalue weighted by atomic mass is 9.99. The van der Waals surface area contributed by atoms with Gasteiger partial charge in [-0.05, 0) is 51.7 Å². The Morgan fingerprint density at radius 1 is 1.35 bits per heavy atom. The molecule has 4 heteroatoms. The number of piperidine rings is 1. The first-order chi connectivity index (χ1) is 9.69. The lowest BCUT2D eigenvalue weighted by molar-refractivity contribution is 0.185. The first-order valence-electron chi connectivity index (χ1n) is 8.07. The fraction of sp³-hybridized carbons (Fsp3) is 0.812. The van der Waals surface area contributed by atoms with Crippen molar-refractivity contribution in [2.75, 3.05) is 19.6 Å². The molecule has 0 amide bonds. The summed E-state index contributed by atoms with van der Waals surface area (Å²) in [5.41, 5.74) is 1.22. The number of unbranched alkanes of at least 4 members (excludes halogenated alkanes) is 1. The van der Waals surface area contributed by atoms with Gasteiger partial charge in [-0.15, -0.1) is 11.3 Å². The molecule has 1 saturated heterocycles. The molecular weight excluding hydrogens is 266 g/mol. The number of hydrogen-bond donors (Lipinski definition) is 1. The molecule has 3 nitrogen and oxygen atoms in total. The van der Waals surface area contributed by atoms with E-state index >= 15 is 0 Å². The van der Waals surface area contributed by atoms with E-state index in [0.29, 0.717) is 0 Å². The number of aromatic nitrogens is 1. The van der Waals surface area contributed by atoms with Gasteiger partial charge in [-0.2, -0.15) is 0 Å². The smallest absolute Gasteiger partial charge is 0.107 e. The maximum atomic E-state index is 4.76. The van der Waals surface area contributed by atoms with Crippen LogP contribution < -0.4 is 5.32 Å². The van der Waals surface area contributed by atoms with Gasteiger partial charge in [0.05, 0.1) is 12.2 Å². The van der Waals surface area contributed by atoms with E-state index in [2.05, 4.69) is 31.0 Å². The van der Waals surface area contributed by atoms with E-state index in [9.17, 15) is 0 Å². The van der Waals surface area contributed by atoms with Crippen LogP contribution in [0.4, 0.5) is 0 Å². The van der Waals surface area contributed by atoms with Crippen molar-refractivity contribution >= 4 is 11.3 Å². The third-order valence-corrected chi connectivity index (χ3v) is 5.31. The summed E-state index contributed by atoms with van der Waals surface area (Å²) >= 11 is 1.90. The number of rotatable bonds is 7. The van der Waals surface area contributed by atoms with Gasteiger partial charge in [-0.1, -0.05) is 20.3 Å². The highest BCUT2D eigenvalue weighted by atomic mass is 32.1. The van der Waals surface area contributed by atoms with E-state index in [-0.39, 0.29) is 0 Å². The molecule has 0 radical (unpaired) electrons. The topological polar surface area (TPSA) is 28.2 Å². The van der Waals surface area contributed by atoms with E-state index in [0.717, 1.165) is 25.6 Å². The second-order valence-electron chi connectivity index (χ2n) is 6.11. The van der Waals surface area contributed by atoms with Crippen molar-refractivity contribution in [3.05, 3.63) is 15.6 Å². The zero-order valence-corrected chi connectivity index (χ0v) is 14.1. The summed E-state index contributed by atoms with van der Waals surface area (Å²) in [7, 11) is 0. The summed E-state index contributed by atoms with van der Waals surface area (Å²) in [5.74, 6) is 0.905. The normalized spacial score (nSPS) is 17.8. The van der Waals surface area contributed by atoms with Gasteiger partial charge in [0.1, 0.15) is 5.01 Å². The summed E-state index contributed by atoms with van der Waals surface area (Å²) in [6, 6.07) is 0. The van der Waals surface area contributed by atoms with Gasteiger partial charge in [0, 0.05) is 11.4 Å². The molecule has 1 N–H and O–H groups in total. The second-order valence-corrected chi connectivity index (χ2v) is 7.27. The fourth-order valence-corrected chi connectivity index (χ4v) is 3.72. The number of likely N-dealkylation sites (tertiary alicyclic amines) is 1. The number of hydrogen-bond acceptors (Lipinski definition) is 4. The lowest BCUT2D eigenvalue weighted by Crippen LogP contribution is -2.32. The summed E-state index contributed by atoms with van der Waals surface area (Å²) in [5, 5.41) is 4.82. The largest absolute Gasteiger partial charge is 0.312 e. The molecule has 1 aliphatic heterocycles. The molecule has 0 unspecified atom stereocenters. The number of thiazole rings is 1. The van der Waals surface area contributed by atoms with Crippen molar-refractivity contribution in [3.63, 3.8) is 0 Å². The van der Waals surface area contributed by atoms with E-state index in [1.54, 1.807) is 0 Å². The molecule has 0 atom stereocenters. The molecule has 0 spiro atoms. The van der Waals surface area contributed by atoms with Gasteiger partial charge in [-0.3, -0.25) is 4.90 Å². The zero-order chi connectivity index (χ0) is 14.4. The van der Waals surface area contributed by atoms with Crippen LogP contribution in [0, 0.1) is 12.8 Å². The molecular formula is C16H29N3S. The lowest BCUT2D eigenvalue weighted by Gasteiger charge is -2.29. The average Bonchev–Trinajstić information content (AvgIpc) is 2.78. The van der Waals surface area contributed by atoms with E-state index in [1.807, 2.05) is 11.3 Å². The van der Waals surface area contributed by atoms with Crippen molar-refractivity contribution in [3.8, 4) is 0 Å². The predicted octanol–water partition coefficient (Wildman–Crippen LogP) is 3.57. The van der Waals surface area contributed by atoms with Crippen molar-refractivity contribution < 1.29 is 0 Å². The van der Waals surface area contributed by atoms with Crippen LogP contribution in [-0.4, -0.2) is 29.5 Å². The standard InChI is InChI=1S/C16H29N3S/c1-4-5-8-17-11-15-14(3)18-16(20-15)12-19-9-6-13(2)7-10-19/h13,17H,4-12H2,1-3H3. The molecule has 2 heterocycles. The molecule has 114 valence electrons. The number of nitrogens with zero attached hydrogens (tertiary/aromatic N) is 2. The molecule has 0 saturated carbocycles. The van der Waals surface area contributed by atoms with Crippen LogP contribution in [0.1, 0.15) is 55.1 Å². The molecule has 0 aliphatic carbocycles. The van der Waals surface area contributed by atoms with Crippen molar-refractivity contribution in [2.45, 2.75) is 59.5 Å². The average molecular weight is 295 g/mol. The zero-order valence-electron chi connectivity index (χ0n) is 13.2. The second kappa shape index (κ2) is 8.11. The SMILES string of the molecule is CCCCNCc1sc(CN2CCC(C)CC2)nc1C. The van der Waals surface area contributed by atoms with Gasteiger partial charge in [0.2, 0.25) is 0 Å². The minimum absolute atomic E-state index is 0.905. The summed E-state index contributed by atoms with van der Waals surface area (Å²) in [4.78, 5) is 8.74. The van der Waals surface area contributed by atoms with Crippen LogP contribution in [0.25, 0.3) is 0 Å². The van der Waals surface area contributed by atoms with Crippen LogP contribution in [-0.2, 0) is 13.1 Å². The van der Waals surface area contributed by atoms with Crippen LogP contribution in [0.5, 0.6) is 0 Å². The third-order valence-electron chi connectivity index (χ3n) is 4.16. The highest BCUT2D eigenvalue weighted by molar-refractivity contribution is 7.11. The quantitative estimate of drug-likeness (QED) is 0.779. The molecule has 1 aromatic heterocycles. The van der Waals surface area contributed by atoms with Gasteiger partial charge in [0.25, 0.3) is 0 Å². The van der Waals surface area contributed by atoms with Crippen molar-refractivity contribution in [2.24, 2.45) is 5.92 Å². The van der Waals surface area contributed by atoms with Crippen LogP contribution in [0.2, 0.25) is 0 Å². The van der Waals surface area contributed by atoms with Gasteiger partial charge in [0.15, 0.2) is 0 Å². The van der Waals surface area contributed by atoms with Crippen LogP contribution in [0.3, 0.4) is 0 Å². The molecule has 1 aromatic rings. The molecule has 1 fully saturated rings. The van der Waals surface area contributed by atoms with Crippen molar-refractivity contribution in [1.82, 2.24) is 15.2 Å². The first kappa shape index (κ1) is 15.9. The third kappa shape index (κ3) is 4.83. The minimum atomic E-state index is 0.905. The Morgan fingerprint density at radius 2 is 2.10 bits per heavy atom. The Balaban J connectivity index is 1.80. The molecule has 1 aliphatic rings. The van der Waals surface area contributed by atoms with Crippen LogP contribution in [0.15, 0.2) is 0 Å². The van der Waals surface area contributed by atoms with Gasteiger partial charge < -0.3 is 5.32 Å². The van der Waals surface area contributed by atoms with Crippen molar-refractivity contribution in [1.29, 1.82) is 0 Å². The highest BCUT2D eigenvalue weighted by Crippen LogP contribution is 2.22. The summed E-state index contributed by atoms with van der Waals surface area (Å²) in [6.07, 6.45) is 5.20. The molecule has 0 aromatic carbocycles. The predicted molar refractivity (Wildman–Crippen MR) is 87.1 cm³/mol. The maximum Gasteiger partial charge on any atom is 0.107 e. The number of aryl methyl sites for hydroxylation is 1. The minimum Gasteiger partial charge on any atom is -0.312 e.